The molecule has 2 heterocycles. The number of rotatable bonds is 5. The summed E-state index contributed by atoms with van der Waals surface area (Å²) in [5, 5.41) is 2.94. The Labute approximate surface area is 178 Å². The van der Waals surface area contributed by atoms with E-state index in [0.29, 0.717) is 18.8 Å². The van der Waals surface area contributed by atoms with Gasteiger partial charge in [-0.05, 0) is 75.4 Å². The van der Waals surface area contributed by atoms with Crippen LogP contribution in [-0.4, -0.2) is 44.3 Å². The van der Waals surface area contributed by atoms with Gasteiger partial charge in [0.25, 0.3) is 0 Å². The minimum absolute atomic E-state index is 0.0985. The van der Waals surface area contributed by atoms with Crippen LogP contribution in [0.1, 0.15) is 37.3 Å². The van der Waals surface area contributed by atoms with E-state index in [1.165, 1.54) is 15.4 Å². The molecule has 2 aromatic carbocycles. The summed E-state index contributed by atoms with van der Waals surface area (Å²) in [5.41, 5.74) is 4.25. The van der Waals surface area contributed by atoms with Gasteiger partial charge in [-0.1, -0.05) is 17.7 Å². The van der Waals surface area contributed by atoms with E-state index in [0.717, 1.165) is 37.9 Å². The van der Waals surface area contributed by atoms with Gasteiger partial charge in [0.05, 0.1) is 4.90 Å². The molecule has 0 saturated carbocycles. The van der Waals surface area contributed by atoms with Gasteiger partial charge in [0.2, 0.25) is 15.9 Å². The van der Waals surface area contributed by atoms with E-state index in [-0.39, 0.29) is 16.8 Å². The summed E-state index contributed by atoms with van der Waals surface area (Å²) in [4.78, 5) is 15.3. The second-order valence-corrected chi connectivity index (χ2v) is 10.2. The second kappa shape index (κ2) is 8.40. The molecular formula is C23H29N3O3S. The molecule has 1 saturated heterocycles. The lowest BCUT2D eigenvalue weighted by Crippen LogP contribution is -2.44. The summed E-state index contributed by atoms with van der Waals surface area (Å²) in [6.07, 6.45) is 3.88. The minimum Gasteiger partial charge on any atom is -0.360 e. The molecule has 2 aliphatic heterocycles. The zero-order valence-electron chi connectivity index (χ0n) is 17.6. The SMILES string of the molecule is Cc1ccc2c(c1)CCCN2[C@H](C)C(=O)Nc1ccc(S(=O)(=O)N2CCCC2)cc1. The van der Waals surface area contributed by atoms with Crippen molar-refractivity contribution in [1.82, 2.24) is 4.31 Å². The Kier molecular flexibility index (Phi) is 5.84. The van der Waals surface area contributed by atoms with E-state index in [2.05, 4.69) is 35.3 Å². The standard InChI is InChI=1S/C23H29N3O3S/c1-17-7-12-22-19(16-17)6-5-15-26(22)18(2)23(27)24-20-8-10-21(11-9-20)30(28,29)25-13-3-4-14-25/h7-12,16,18H,3-6,13-15H2,1-2H3,(H,24,27)/t18-/m1/s1. The molecule has 1 fully saturated rings. The van der Waals surface area contributed by atoms with Crippen LogP contribution in [0.15, 0.2) is 47.4 Å². The Morgan fingerprint density at radius 2 is 1.70 bits per heavy atom. The van der Waals surface area contributed by atoms with Crippen molar-refractivity contribution in [2.24, 2.45) is 0 Å². The van der Waals surface area contributed by atoms with Crippen LogP contribution in [0.2, 0.25) is 0 Å². The number of carbonyl (C=O) groups is 1. The third kappa shape index (κ3) is 4.09. The highest BCUT2D eigenvalue weighted by molar-refractivity contribution is 7.89. The maximum absolute atomic E-state index is 12.9. The number of fused-ring (bicyclic) bond motifs is 1. The number of carbonyl (C=O) groups excluding carboxylic acids is 1. The molecule has 2 aliphatic rings. The molecule has 1 amide bonds. The van der Waals surface area contributed by atoms with Gasteiger partial charge in [-0.25, -0.2) is 8.42 Å². The Hall–Kier alpha value is -2.38. The monoisotopic (exact) mass is 427 g/mol. The third-order valence-electron chi connectivity index (χ3n) is 6.06. The Balaban J connectivity index is 1.45. The molecule has 0 unspecified atom stereocenters. The zero-order chi connectivity index (χ0) is 21.3. The van der Waals surface area contributed by atoms with Crippen molar-refractivity contribution < 1.29 is 13.2 Å². The van der Waals surface area contributed by atoms with Gasteiger partial charge < -0.3 is 10.2 Å². The van der Waals surface area contributed by atoms with E-state index in [1.54, 1.807) is 24.3 Å². The Morgan fingerprint density at radius 1 is 1.00 bits per heavy atom. The number of anilines is 2. The molecule has 7 heteroatoms. The fraction of sp³-hybridized carbons (Fsp3) is 0.435. The lowest BCUT2D eigenvalue weighted by molar-refractivity contribution is -0.117. The van der Waals surface area contributed by atoms with Crippen molar-refractivity contribution in [2.75, 3.05) is 29.9 Å². The molecule has 30 heavy (non-hydrogen) atoms. The molecule has 160 valence electrons. The van der Waals surface area contributed by atoms with Gasteiger partial charge in [0, 0.05) is 31.0 Å². The molecular weight excluding hydrogens is 398 g/mol. The minimum atomic E-state index is -3.44. The number of benzene rings is 2. The average molecular weight is 428 g/mol. The molecule has 0 radical (unpaired) electrons. The molecule has 0 aromatic heterocycles. The molecule has 2 aromatic rings. The van der Waals surface area contributed by atoms with E-state index >= 15 is 0 Å². The number of sulfonamides is 1. The van der Waals surface area contributed by atoms with Crippen LogP contribution in [0.25, 0.3) is 0 Å². The van der Waals surface area contributed by atoms with Gasteiger partial charge in [-0.3, -0.25) is 4.79 Å². The van der Waals surface area contributed by atoms with Gasteiger partial charge in [0.1, 0.15) is 6.04 Å². The van der Waals surface area contributed by atoms with E-state index in [1.807, 2.05) is 6.92 Å². The lowest BCUT2D eigenvalue weighted by atomic mass is 9.98. The highest BCUT2D eigenvalue weighted by Crippen LogP contribution is 2.30. The summed E-state index contributed by atoms with van der Waals surface area (Å²) in [6.45, 7) is 6.00. The van der Waals surface area contributed by atoms with Crippen LogP contribution in [0.4, 0.5) is 11.4 Å². The topological polar surface area (TPSA) is 69.7 Å². The van der Waals surface area contributed by atoms with Crippen LogP contribution < -0.4 is 10.2 Å². The lowest BCUT2D eigenvalue weighted by Gasteiger charge is -2.35. The van der Waals surface area contributed by atoms with Gasteiger partial charge in [0.15, 0.2) is 0 Å². The van der Waals surface area contributed by atoms with Crippen molar-refractivity contribution in [3.63, 3.8) is 0 Å². The summed E-state index contributed by atoms with van der Waals surface area (Å²) in [7, 11) is -3.44. The second-order valence-electron chi connectivity index (χ2n) is 8.23. The average Bonchev–Trinajstić information content (AvgIpc) is 3.29. The number of amides is 1. The summed E-state index contributed by atoms with van der Waals surface area (Å²) < 4.78 is 26.8. The summed E-state index contributed by atoms with van der Waals surface area (Å²) >= 11 is 0. The predicted octanol–water partition coefficient (Wildman–Crippen LogP) is 3.56. The molecule has 0 aliphatic carbocycles. The molecule has 4 rings (SSSR count). The molecule has 0 spiro atoms. The number of nitrogens with one attached hydrogen (secondary N) is 1. The maximum atomic E-state index is 12.9. The molecule has 6 nitrogen and oxygen atoms in total. The number of nitrogens with zero attached hydrogens (tertiary/aromatic N) is 2. The molecule has 0 bridgehead atoms. The summed E-state index contributed by atoms with van der Waals surface area (Å²) in [5.74, 6) is -0.0985. The van der Waals surface area contributed by atoms with Crippen LogP contribution in [-0.2, 0) is 21.2 Å². The quantitative estimate of drug-likeness (QED) is 0.792. The van der Waals surface area contributed by atoms with Gasteiger partial charge >= 0.3 is 0 Å². The van der Waals surface area contributed by atoms with Crippen molar-refractivity contribution in [1.29, 1.82) is 0 Å². The van der Waals surface area contributed by atoms with Crippen molar-refractivity contribution in [3.05, 3.63) is 53.6 Å². The van der Waals surface area contributed by atoms with Crippen molar-refractivity contribution in [3.8, 4) is 0 Å². The zero-order valence-corrected chi connectivity index (χ0v) is 18.4. The first-order valence-electron chi connectivity index (χ1n) is 10.6. The largest absolute Gasteiger partial charge is 0.360 e. The van der Waals surface area contributed by atoms with E-state index < -0.39 is 10.0 Å². The Bertz CT molecular complexity index is 1030. The van der Waals surface area contributed by atoms with E-state index in [4.69, 9.17) is 0 Å². The third-order valence-corrected chi connectivity index (χ3v) is 7.97. The van der Waals surface area contributed by atoms with Crippen LogP contribution in [0.5, 0.6) is 0 Å². The summed E-state index contributed by atoms with van der Waals surface area (Å²) in [6, 6.07) is 12.6. The highest BCUT2D eigenvalue weighted by Gasteiger charge is 2.28. The maximum Gasteiger partial charge on any atom is 0.246 e. The predicted molar refractivity (Wildman–Crippen MR) is 119 cm³/mol. The highest BCUT2D eigenvalue weighted by atomic mass is 32.2. The molecule has 1 N–H and O–H groups in total. The first-order valence-corrected chi connectivity index (χ1v) is 12.1. The smallest absolute Gasteiger partial charge is 0.246 e. The molecule has 1 atom stereocenters. The Morgan fingerprint density at radius 3 is 2.40 bits per heavy atom. The van der Waals surface area contributed by atoms with Crippen molar-refractivity contribution >= 4 is 27.3 Å². The fourth-order valence-electron chi connectivity index (χ4n) is 4.33. The van der Waals surface area contributed by atoms with E-state index in [9.17, 15) is 13.2 Å². The van der Waals surface area contributed by atoms with Gasteiger partial charge in [-0.15, -0.1) is 0 Å². The first-order chi connectivity index (χ1) is 14.4. The first kappa shape index (κ1) is 20.9. The number of hydrogen-bond acceptors (Lipinski definition) is 4. The number of aryl methyl sites for hydroxylation is 2. The normalized spacial score (nSPS) is 18.1. The fourth-order valence-corrected chi connectivity index (χ4v) is 5.85. The number of hydrogen-bond donors (Lipinski definition) is 1. The van der Waals surface area contributed by atoms with Crippen LogP contribution in [0, 0.1) is 6.92 Å². The van der Waals surface area contributed by atoms with Gasteiger partial charge in [-0.2, -0.15) is 4.31 Å². The van der Waals surface area contributed by atoms with Crippen molar-refractivity contribution in [2.45, 2.75) is 50.5 Å². The van der Waals surface area contributed by atoms with Crippen LogP contribution in [0.3, 0.4) is 0 Å². The van der Waals surface area contributed by atoms with Crippen LogP contribution >= 0.6 is 0 Å².